The molecular formula is C21H25N3O3. The molecule has 0 atom stereocenters. The third-order valence-electron chi connectivity index (χ3n) is 4.53. The van der Waals surface area contributed by atoms with Gasteiger partial charge in [0.1, 0.15) is 6.42 Å². The Kier molecular flexibility index (Phi) is 6.44. The normalized spacial score (nSPS) is 13.9. The largest absolute Gasteiger partial charge is 0.378 e. The number of nitrogens with zero attached hydrogens (tertiary/aromatic N) is 2. The third kappa shape index (κ3) is 4.86. The number of anilines is 3. The summed E-state index contributed by atoms with van der Waals surface area (Å²) < 4.78 is 5.40. The number of benzene rings is 2. The molecule has 142 valence electrons. The highest BCUT2D eigenvalue weighted by Gasteiger charge is 2.20. The molecule has 6 heteroatoms. The maximum absolute atomic E-state index is 12.6. The first-order chi connectivity index (χ1) is 13.2. The van der Waals surface area contributed by atoms with Gasteiger partial charge in [0, 0.05) is 25.3 Å². The van der Waals surface area contributed by atoms with Gasteiger partial charge in [0.25, 0.3) is 0 Å². The Balaban J connectivity index is 1.66. The third-order valence-corrected chi connectivity index (χ3v) is 4.53. The molecular weight excluding hydrogens is 342 g/mol. The number of hydrogen-bond donors (Lipinski definition) is 1. The molecule has 0 radical (unpaired) electrons. The van der Waals surface area contributed by atoms with Crippen LogP contribution in [0.1, 0.15) is 13.3 Å². The maximum Gasteiger partial charge on any atom is 0.236 e. The number of hydrogen-bond acceptors (Lipinski definition) is 4. The van der Waals surface area contributed by atoms with E-state index in [1.165, 1.54) is 0 Å². The Morgan fingerprint density at radius 3 is 2.41 bits per heavy atom. The van der Waals surface area contributed by atoms with Crippen molar-refractivity contribution in [3.63, 3.8) is 0 Å². The minimum absolute atomic E-state index is 0.194. The highest BCUT2D eigenvalue weighted by Crippen LogP contribution is 2.26. The van der Waals surface area contributed by atoms with Gasteiger partial charge in [0.2, 0.25) is 11.8 Å². The van der Waals surface area contributed by atoms with Gasteiger partial charge < -0.3 is 19.9 Å². The van der Waals surface area contributed by atoms with Crippen LogP contribution in [0.25, 0.3) is 0 Å². The van der Waals surface area contributed by atoms with E-state index >= 15 is 0 Å². The summed E-state index contributed by atoms with van der Waals surface area (Å²) in [6.45, 7) is 5.32. The Morgan fingerprint density at radius 1 is 1.04 bits per heavy atom. The molecule has 0 bridgehead atoms. The molecule has 0 spiro atoms. The van der Waals surface area contributed by atoms with E-state index in [-0.39, 0.29) is 18.2 Å². The second-order valence-electron chi connectivity index (χ2n) is 6.32. The fourth-order valence-electron chi connectivity index (χ4n) is 3.20. The highest BCUT2D eigenvalue weighted by atomic mass is 16.5. The minimum Gasteiger partial charge on any atom is -0.378 e. The topological polar surface area (TPSA) is 61.9 Å². The van der Waals surface area contributed by atoms with Crippen molar-refractivity contribution in [1.82, 2.24) is 0 Å². The average Bonchev–Trinajstić information content (AvgIpc) is 2.70. The van der Waals surface area contributed by atoms with Gasteiger partial charge in [-0.3, -0.25) is 9.59 Å². The standard InChI is InChI=1S/C21H25N3O3/c1-2-24(17-8-4-3-5-9-17)21(26)16-20(25)22-18-10-6-7-11-19(18)23-12-14-27-15-13-23/h3-11H,2,12-16H2,1H3,(H,22,25). The Labute approximate surface area is 159 Å². The fourth-order valence-corrected chi connectivity index (χ4v) is 3.20. The maximum atomic E-state index is 12.6. The number of nitrogens with one attached hydrogen (secondary N) is 1. The lowest BCUT2D eigenvalue weighted by Gasteiger charge is -2.30. The van der Waals surface area contributed by atoms with Crippen LogP contribution < -0.4 is 15.1 Å². The zero-order valence-corrected chi connectivity index (χ0v) is 15.6. The van der Waals surface area contributed by atoms with E-state index in [1.54, 1.807) is 4.90 Å². The Bertz CT molecular complexity index is 773. The summed E-state index contributed by atoms with van der Waals surface area (Å²) in [5.74, 6) is -0.528. The molecule has 2 amide bonds. The molecule has 0 aromatic heterocycles. The van der Waals surface area contributed by atoms with Gasteiger partial charge in [0.15, 0.2) is 0 Å². The van der Waals surface area contributed by atoms with Gasteiger partial charge in [0.05, 0.1) is 24.6 Å². The Hall–Kier alpha value is -2.86. The number of para-hydroxylation sites is 3. The number of amides is 2. The van der Waals surface area contributed by atoms with Gasteiger partial charge in [-0.1, -0.05) is 30.3 Å². The lowest BCUT2D eigenvalue weighted by Crippen LogP contribution is -2.37. The van der Waals surface area contributed by atoms with Crippen LogP contribution in [0.3, 0.4) is 0 Å². The molecule has 0 aliphatic carbocycles. The SMILES string of the molecule is CCN(C(=O)CC(=O)Nc1ccccc1N1CCOCC1)c1ccccc1. The van der Waals surface area contributed by atoms with Crippen molar-refractivity contribution < 1.29 is 14.3 Å². The van der Waals surface area contributed by atoms with E-state index < -0.39 is 0 Å². The number of carbonyl (C=O) groups is 2. The van der Waals surface area contributed by atoms with Crippen LogP contribution in [0, 0.1) is 0 Å². The van der Waals surface area contributed by atoms with Crippen molar-refractivity contribution >= 4 is 28.9 Å². The van der Waals surface area contributed by atoms with Gasteiger partial charge in [-0.05, 0) is 31.2 Å². The van der Waals surface area contributed by atoms with Crippen LogP contribution in [0.2, 0.25) is 0 Å². The quantitative estimate of drug-likeness (QED) is 0.798. The van der Waals surface area contributed by atoms with Crippen LogP contribution >= 0.6 is 0 Å². The lowest BCUT2D eigenvalue weighted by atomic mass is 10.2. The first-order valence-electron chi connectivity index (χ1n) is 9.26. The van der Waals surface area contributed by atoms with Gasteiger partial charge in [-0.2, -0.15) is 0 Å². The predicted octanol–water partition coefficient (Wildman–Crippen LogP) is 2.90. The summed E-state index contributed by atoms with van der Waals surface area (Å²) in [6.07, 6.45) is -0.194. The van der Waals surface area contributed by atoms with Crippen molar-refractivity contribution in [2.45, 2.75) is 13.3 Å². The van der Waals surface area contributed by atoms with Gasteiger partial charge in [-0.25, -0.2) is 0 Å². The molecule has 2 aromatic rings. The average molecular weight is 367 g/mol. The summed E-state index contributed by atoms with van der Waals surface area (Å²) >= 11 is 0. The Morgan fingerprint density at radius 2 is 1.70 bits per heavy atom. The van der Waals surface area contributed by atoms with E-state index in [9.17, 15) is 9.59 Å². The van der Waals surface area contributed by atoms with Crippen molar-refractivity contribution in [3.8, 4) is 0 Å². The summed E-state index contributed by atoms with van der Waals surface area (Å²) in [7, 11) is 0. The molecule has 1 saturated heterocycles. The van der Waals surface area contributed by atoms with Crippen LogP contribution in [0.5, 0.6) is 0 Å². The number of carbonyl (C=O) groups excluding carboxylic acids is 2. The van der Waals surface area contributed by atoms with Crippen LogP contribution in [0.15, 0.2) is 54.6 Å². The molecule has 1 heterocycles. The molecule has 0 unspecified atom stereocenters. The smallest absolute Gasteiger partial charge is 0.236 e. The molecule has 1 fully saturated rings. The van der Waals surface area contributed by atoms with Gasteiger partial charge >= 0.3 is 0 Å². The molecule has 1 aliphatic rings. The van der Waals surface area contributed by atoms with E-state index in [4.69, 9.17) is 4.74 Å². The number of ether oxygens (including phenoxy) is 1. The van der Waals surface area contributed by atoms with E-state index in [0.29, 0.717) is 19.8 Å². The zero-order valence-electron chi connectivity index (χ0n) is 15.6. The molecule has 3 rings (SSSR count). The molecule has 6 nitrogen and oxygen atoms in total. The first-order valence-corrected chi connectivity index (χ1v) is 9.26. The summed E-state index contributed by atoms with van der Waals surface area (Å²) in [5, 5.41) is 2.90. The summed E-state index contributed by atoms with van der Waals surface area (Å²) in [6, 6.07) is 17.1. The van der Waals surface area contributed by atoms with E-state index in [1.807, 2.05) is 61.5 Å². The van der Waals surface area contributed by atoms with Crippen molar-refractivity contribution in [2.24, 2.45) is 0 Å². The molecule has 1 aliphatic heterocycles. The minimum atomic E-state index is -0.310. The van der Waals surface area contributed by atoms with Crippen LogP contribution in [-0.2, 0) is 14.3 Å². The molecule has 2 aromatic carbocycles. The summed E-state index contributed by atoms with van der Waals surface area (Å²) in [4.78, 5) is 28.9. The van der Waals surface area contributed by atoms with Crippen molar-refractivity contribution in [1.29, 1.82) is 0 Å². The fraction of sp³-hybridized carbons (Fsp3) is 0.333. The molecule has 1 N–H and O–H groups in total. The van der Waals surface area contributed by atoms with Gasteiger partial charge in [-0.15, -0.1) is 0 Å². The van der Waals surface area contributed by atoms with Crippen molar-refractivity contribution in [2.75, 3.05) is 48.0 Å². The first kappa shape index (κ1) is 18.9. The summed E-state index contributed by atoms with van der Waals surface area (Å²) in [5.41, 5.74) is 2.48. The van der Waals surface area contributed by atoms with E-state index in [2.05, 4.69) is 10.2 Å². The number of rotatable bonds is 6. The predicted molar refractivity (Wildman–Crippen MR) is 107 cm³/mol. The zero-order chi connectivity index (χ0) is 19.1. The van der Waals surface area contributed by atoms with E-state index in [0.717, 1.165) is 30.2 Å². The van der Waals surface area contributed by atoms with Crippen molar-refractivity contribution in [3.05, 3.63) is 54.6 Å². The van der Waals surface area contributed by atoms with Crippen LogP contribution in [0.4, 0.5) is 17.1 Å². The number of morpholine rings is 1. The molecule has 27 heavy (non-hydrogen) atoms. The monoisotopic (exact) mass is 367 g/mol. The molecule has 0 saturated carbocycles. The highest BCUT2D eigenvalue weighted by molar-refractivity contribution is 6.09. The second-order valence-corrected chi connectivity index (χ2v) is 6.32. The second kappa shape index (κ2) is 9.19. The lowest BCUT2D eigenvalue weighted by molar-refractivity contribution is -0.125. The van der Waals surface area contributed by atoms with Crippen LogP contribution in [-0.4, -0.2) is 44.7 Å².